The minimum absolute atomic E-state index is 0.0419. The lowest BCUT2D eigenvalue weighted by Crippen LogP contribution is -2.38. The monoisotopic (exact) mass is 288 g/mol. The van der Waals surface area contributed by atoms with Gasteiger partial charge in [0.2, 0.25) is 0 Å². The normalized spacial score (nSPS) is 18.4. The summed E-state index contributed by atoms with van der Waals surface area (Å²) in [6.45, 7) is 5.32. The van der Waals surface area contributed by atoms with Crippen LogP contribution in [0.2, 0.25) is 0 Å². The average Bonchev–Trinajstić information content (AvgIpc) is 3.19. The molecular formula is C15H20N4O2. The van der Waals surface area contributed by atoms with Crippen LogP contribution in [0.25, 0.3) is 0 Å². The molecule has 0 aliphatic carbocycles. The Morgan fingerprint density at radius 3 is 3.10 bits per heavy atom. The Morgan fingerprint density at radius 1 is 1.52 bits per heavy atom. The molecule has 112 valence electrons. The fourth-order valence-corrected chi connectivity index (χ4v) is 2.99. The number of hydrogen-bond acceptors (Lipinski definition) is 4. The Kier molecular flexibility index (Phi) is 3.77. The Hall–Kier alpha value is -2.11. The molecule has 1 aliphatic heterocycles. The van der Waals surface area contributed by atoms with Gasteiger partial charge in [-0.2, -0.15) is 5.10 Å². The van der Waals surface area contributed by atoms with E-state index in [2.05, 4.69) is 10.3 Å². The van der Waals surface area contributed by atoms with Crippen LogP contribution in [0.3, 0.4) is 0 Å². The van der Waals surface area contributed by atoms with Crippen LogP contribution >= 0.6 is 0 Å². The lowest BCUT2D eigenvalue weighted by atomic mass is 10.1. The second-order valence-corrected chi connectivity index (χ2v) is 5.44. The van der Waals surface area contributed by atoms with Gasteiger partial charge in [0, 0.05) is 18.9 Å². The first-order valence-electron chi connectivity index (χ1n) is 7.44. The summed E-state index contributed by atoms with van der Waals surface area (Å²) in [6, 6.07) is 2.09. The fraction of sp³-hybridized carbons (Fsp3) is 0.533. The van der Waals surface area contributed by atoms with E-state index in [1.807, 2.05) is 28.8 Å². The van der Waals surface area contributed by atoms with Gasteiger partial charge in [0.05, 0.1) is 18.3 Å². The zero-order valence-electron chi connectivity index (χ0n) is 12.5. The second kappa shape index (κ2) is 5.71. The molecule has 1 amide bonds. The Bertz CT molecular complexity index is 618. The third kappa shape index (κ3) is 2.57. The van der Waals surface area contributed by atoms with E-state index >= 15 is 0 Å². The van der Waals surface area contributed by atoms with Gasteiger partial charge >= 0.3 is 0 Å². The van der Waals surface area contributed by atoms with Crippen molar-refractivity contribution in [2.24, 2.45) is 0 Å². The summed E-state index contributed by atoms with van der Waals surface area (Å²) in [5.41, 5.74) is 1.40. The Morgan fingerprint density at radius 2 is 2.38 bits per heavy atom. The molecule has 21 heavy (non-hydrogen) atoms. The van der Waals surface area contributed by atoms with E-state index < -0.39 is 0 Å². The number of nitrogens with zero attached hydrogens (tertiary/aromatic N) is 4. The van der Waals surface area contributed by atoms with Crippen molar-refractivity contribution in [2.45, 2.75) is 45.7 Å². The molecule has 6 nitrogen and oxygen atoms in total. The molecule has 1 aliphatic rings. The van der Waals surface area contributed by atoms with E-state index in [9.17, 15) is 4.79 Å². The van der Waals surface area contributed by atoms with Crippen LogP contribution in [-0.4, -0.2) is 38.3 Å². The number of aromatic nitrogens is 3. The van der Waals surface area contributed by atoms with Crippen molar-refractivity contribution in [1.29, 1.82) is 0 Å². The number of likely N-dealkylation sites (tertiary alicyclic amines) is 1. The first kappa shape index (κ1) is 13.9. The zero-order valence-corrected chi connectivity index (χ0v) is 12.5. The zero-order chi connectivity index (χ0) is 14.8. The maximum Gasteiger partial charge on any atom is 0.259 e. The molecule has 3 heterocycles. The summed E-state index contributed by atoms with van der Waals surface area (Å²) in [7, 11) is 0. The molecule has 1 fully saturated rings. The molecule has 1 saturated heterocycles. The molecule has 2 aromatic rings. The first-order chi connectivity index (χ1) is 10.2. The molecule has 0 N–H and O–H groups in total. The van der Waals surface area contributed by atoms with Gasteiger partial charge in [-0.3, -0.25) is 9.48 Å². The van der Waals surface area contributed by atoms with Gasteiger partial charge < -0.3 is 9.42 Å². The predicted octanol–water partition coefficient (Wildman–Crippen LogP) is 2.05. The predicted molar refractivity (Wildman–Crippen MR) is 76.9 cm³/mol. The summed E-state index contributed by atoms with van der Waals surface area (Å²) < 4.78 is 7.08. The van der Waals surface area contributed by atoms with E-state index in [0.29, 0.717) is 17.7 Å². The van der Waals surface area contributed by atoms with Crippen molar-refractivity contribution in [2.75, 3.05) is 6.54 Å². The van der Waals surface area contributed by atoms with E-state index in [1.165, 1.54) is 0 Å². The molecule has 0 aromatic carbocycles. The lowest BCUT2D eigenvalue weighted by molar-refractivity contribution is 0.0719. The van der Waals surface area contributed by atoms with Gasteiger partial charge in [-0.25, -0.2) is 0 Å². The number of carbonyl (C=O) groups excluding carboxylic acids is 1. The van der Waals surface area contributed by atoms with Gasteiger partial charge in [-0.05, 0) is 32.3 Å². The number of aryl methyl sites for hydroxylation is 2. The quantitative estimate of drug-likeness (QED) is 0.863. The molecule has 3 rings (SSSR count). The number of carbonyl (C=O) groups is 1. The smallest absolute Gasteiger partial charge is 0.259 e. The summed E-state index contributed by atoms with van der Waals surface area (Å²) in [5, 5.41) is 8.22. The highest BCUT2D eigenvalue weighted by Crippen LogP contribution is 2.24. The summed E-state index contributed by atoms with van der Waals surface area (Å²) in [4.78, 5) is 14.8. The number of amides is 1. The fourth-order valence-electron chi connectivity index (χ4n) is 2.99. The van der Waals surface area contributed by atoms with Gasteiger partial charge in [0.25, 0.3) is 5.91 Å². The highest BCUT2D eigenvalue weighted by atomic mass is 16.5. The summed E-state index contributed by atoms with van der Waals surface area (Å²) in [5.74, 6) is 0.654. The van der Waals surface area contributed by atoms with Gasteiger partial charge in [-0.15, -0.1) is 0 Å². The molecule has 1 atom stereocenters. The second-order valence-electron chi connectivity index (χ2n) is 5.44. The number of hydrogen-bond donors (Lipinski definition) is 0. The SMILES string of the molecule is CCc1noc(C)c1C(=O)N1CCC[C@H]1Cn1cccn1. The lowest BCUT2D eigenvalue weighted by Gasteiger charge is -2.24. The summed E-state index contributed by atoms with van der Waals surface area (Å²) in [6.07, 6.45) is 6.44. The van der Waals surface area contributed by atoms with Crippen molar-refractivity contribution < 1.29 is 9.32 Å². The first-order valence-corrected chi connectivity index (χ1v) is 7.44. The highest BCUT2D eigenvalue weighted by Gasteiger charge is 2.33. The van der Waals surface area contributed by atoms with E-state index in [-0.39, 0.29) is 11.9 Å². The molecule has 6 heteroatoms. The van der Waals surface area contributed by atoms with Crippen molar-refractivity contribution in [3.05, 3.63) is 35.5 Å². The van der Waals surface area contributed by atoms with Crippen molar-refractivity contribution in [3.8, 4) is 0 Å². The Balaban J connectivity index is 1.81. The molecule has 0 spiro atoms. The molecule has 0 radical (unpaired) electrons. The molecule has 0 saturated carbocycles. The van der Waals surface area contributed by atoms with E-state index in [4.69, 9.17) is 4.52 Å². The molecule has 0 unspecified atom stereocenters. The van der Waals surface area contributed by atoms with Crippen molar-refractivity contribution >= 4 is 5.91 Å². The topological polar surface area (TPSA) is 64.2 Å². The van der Waals surface area contributed by atoms with Crippen LogP contribution in [0.4, 0.5) is 0 Å². The van der Waals surface area contributed by atoms with Gasteiger partial charge in [-0.1, -0.05) is 12.1 Å². The van der Waals surface area contributed by atoms with Crippen molar-refractivity contribution in [3.63, 3.8) is 0 Å². The minimum atomic E-state index is 0.0419. The van der Waals surface area contributed by atoms with E-state index in [0.717, 1.165) is 31.6 Å². The standard InChI is InChI=1S/C15H20N4O2/c1-3-13-14(11(2)21-17-13)15(20)19-9-4-6-12(19)10-18-8-5-7-16-18/h5,7-8,12H,3-4,6,9-10H2,1-2H3/t12-/m0/s1. The third-order valence-corrected chi connectivity index (χ3v) is 4.08. The average molecular weight is 288 g/mol. The third-order valence-electron chi connectivity index (χ3n) is 4.08. The van der Waals surface area contributed by atoms with Crippen LogP contribution in [0.15, 0.2) is 23.0 Å². The summed E-state index contributed by atoms with van der Waals surface area (Å²) >= 11 is 0. The largest absolute Gasteiger partial charge is 0.361 e. The van der Waals surface area contributed by atoms with Gasteiger partial charge in [0.1, 0.15) is 11.3 Å². The molecule has 0 bridgehead atoms. The van der Waals surface area contributed by atoms with Crippen molar-refractivity contribution in [1.82, 2.24) is 19.8 Å². The maximum atomic E-state index is 12.8. The minimum Gasteiger partial charge on any atom is -0.361 e. The number of rotatable bonds is 4. The van der Waals surface area contributed by atoms with Crippen LogP contribution in [-0.2, 0) is 13.0 Å². The molecular weight excluding hydrogens is 268 g/mol. The molecule has 2 aromatic heterocycles. The van der Waals surface area contributed by atoms with Gasteiger partial charge in [0.15, 0.2) is 0 Å². The van der Waals surface area contributed by atoms with E-state index in [1.54, 1.807) is 13.1 Å². The van der Waals surface area contributed by atoms with Crippen LogP contribution in [0.5, 0.6) is 0 Å². The Labute approximate surface area is 123 Å². The highest BCUT2D eigenvalue weighted by molar-refractivity contribution is 5.96. The van der Waals surface area contributed by atoms with Crippen LogP contribution < -0.4 is 0 Å². The maximum absolute atomic E-state index is 12.8. The van der Waals surface area contributed by atoms with Crippen LogP contribution in [0, 0.1) is 6.92 Å². The van der Waals surface area contributed by atoms with Crippen LogP contribution in [0.1, 0.15) is 41.6 Å².